The molecule has 0 saturated heterocycles. The van der Waals surface area contributed by atoms with Crippen LogP contribution in [0.25, 0.3) is 0 Å². The lowest BCUT2D eigenvalue weighted by Gasteiger charge is -1.91. The third kappa shape index (κ3) is 1.52. The molecule has 0 amide bonds. The Morgan fingerprint density at radius 1 is 1.83 bits per heavy atom. The lowest BCUT2D eigenvalue weighted by atomic mass is 10.2. The topological polar surface area (TPSA) is 85.6 Å². The smallest absolute Gasteiger partial charge is 0.265 e. The van der Waals surface area contributed by atoms with Gasteiger partial charge in [0.25, 0.3) is 5.69 Å². The third-order valence-corrected chi connectivity index (χ3v) is 1.40. The van der Waals surface area contributed by atoms with Crippen molar-refractivity contribution >= 4 is 6.21 Å². The van der Waals surface area contributed by atoms with E-state index in [-0.39, 0.29) is 5.69 Å². The lowest BCUT2D eigenvalue weighted by molar-refractivity contribution is -0.807. The Balaban J connectivity index is 2.95. The van der Waals surface area contributed by atoms with Gasteiger partial charge in [0, 0.05) is 11.6 Å². The molecule has 0 unspecified atom stereocenters. The van der Waals surface area contributed by atoms with Crippen LogP contribution >= 0.6 is 0 Å². The Kier molecular flexibility index (Phi) is 2.62. The molecule has 0 saturated carbocycles. The summed E-state index contributed by atoms with van der Waals surface area (Å²) in [7, 11) is 0. The molecular weight excluding hydrogens is 162 g/mol. The second kappa shape index (κ2) is 3.70. The van der Waals surface area contributed by atoms with Crippen molar-refractivity contribution in [2.24, 2.45) is 5.16 Å². The van der Waals surface area contributed by atoms with Crippen LogP contribution in [-0.2, 0) is 6.42 Å². The highest BCUT2D eigenvalue weighted by molar-refractivity contribution is 5.76. The number of hydrogen-bond acceptors (Lipinski definition) is 5. The van der Waals surface area contributed by atoms with Crippen molar-refractivity contribution in [2.45, 2.75) is 19.8 Å². The van der Waals surface area contributed by atoms with E-state index >= 15 is 0 Å². The highest BCUT2D eigenvalue weighted by Crippen LogP contribution is 2.00. The van der Waals surface area contributed by atoms with Gasteiger partial charge in [-0.25, -0.2) is 0 Å². The molecule has 6 heteroatoms. The molecule has 1 heterocycles. The van der Waals surface area contributed by atoms with E-state index < -0.39 is 0 Å². The number of hydrogen-bond donors (Lipinski definition) is 1. The fourth-order valence-corrected chi connectivity index (χ4v) is 0.885. The van der Waals surface area contributed by atoms with E-state index in [1.165, 1.54) is 0 Å². The maximum Gasteiger partial charge on any atom is 0.265 e. The molecule has 0 atom stereocenters. The summed E-state index contributed by atoms with van der Waals surface area (Å²) in [6, 6.07) is 0. The first-order valence-corrected chi connectivity index (χ1v) is 3.55. The largest absolute Gasteiger partial charge is 0.411 e. The van der Waals surface area contributed by atoms with E-state index in [4.69, 9.17) is 5.21 Å². The van der Waals surface area contributed by atoms with Crippen molar-refractivity contribution < 1.29 is 14.7 Å². The minimum Gasteiger partial charge on any atom is -0.411 e. The summed E-state index contributed by atoms with van der Waals surface area (Å²) in [5.41, 5.74) is 0.657. The average Bonchev–Trinajstić information content (AvgIpc) is 2.37. The van der Waals surface area contributed by atoms with E-state index in [2.05, 4.69) is 14.9 Å². The van der Waals surface area contributed by atoms with E-state index in [1.807, 2.05) is 6.92 Å². The molecule has 0 spiro atoms. The molecule has 0 bridgehead atoms. The van der Waals surface area contributed by atoms with Gasteiger partial charge in [0.1, 0.15) is 6.21 Å². The molecule has 1 rings (SSSR count). The summed E-state index contributed by atoms with van der Waals surface area (Å²) in [4.78, 5) is 0.320. The standard InChI is InChI=1S/C6H9N3O3/c1-2-3-6-5(4-7-10)8-12-9(6)11/h4,10H,2-3H2,1H3/b7-4+. The van der Waals surface area contributed by atoms with Gasteiger partial charge in [0.2, 0.25) is 5.69 Å². The van der Waals surface area contributed by atoms with Gasteiger partial charge in [-0.2, -0.15) is 0 Å². The summed E-state index contributed by atoms with van der Waals surface area (Å²) < 4.78 is 4.31. The van der Waals surface area contributed by atoms with Crippen molar-refractivity contribution in [3.63, 3.8) is 0 Å². The fourth-order valence-electron chi connectivity index (χ4n) is 0.885. The number of aromatic nitrogens is 2. The molecule has 1 aromatic heterocycles. The monoisotopic (exact) mass is 171 g/mol. The second-order valence-corrected chi connectivity index (χ2v) is 2.26. The van der Waals surface area contributed by atoms with Crippen molar-refractivity contribution in [1.82, 2.24) is 5.16 Å². The average molecular weight is 171 g/mol. The Bertz CT molecular complexity index is 282. The highest BCUT2D eigenvalue weighted by atomic mass is 16.8. The molecule has 0 aliphatic heterocycles. The Morgan fingerprint density at radius 3 is 3.17 bits per heavy atom. The van der Waals surface area contributed by atoms with Gasteiger partial charge < -0.3 is 10.4 Å². The van der Waals surface area contributed by atoms with Crippen molar-refractivity contribution in [3.05, 3.63) is 16.6 Å². The second-order valence-electron chi connectivity index (χ2n) is 2.26. The fraction of sp³-hybridized carbons (Fsp3) is 0.500. The zero-order valence-corrected chi connectivity index (χ0v) is 6.60. The molecule has 1 N–H and O–H groups in total. The summed E-state index contributed by atoms with van der Waals surface area (Å²) >= 11 is 0. The van der Waals surface area contributed by atoms with E-state index in [0.717, 1.165) is 12.6 Å². The van der Waals surface area contributed by atoms with Crippen LogP contribution in [-0.4, -0.2) is 16.6 Å². The summed E-state index contributed by atoms with van der Waals surface area (Å²) in [5.74, 6) is 0. The van der Waals surface area contributed by atoms with Gasteiger partial charge in [-0.1, -0.05) is 12.1 Å². The van der Waals surface area contributed by atoms with Crippen LogP contribution in [0.1, 0.15) is 24.7 Å². The normalized spacial score (nSPS) is 11.1. The molecule has 12 heavy (non-hydrogen) atoms. The number of nitrogens with zero attached hydrogens (tertiary/aromatic N) is 3. The third-order valence-electron chi connectivity index (χ3n) is 1.40. The van der Waals surface area contributed by atoms with Gasteiger partial charge in [-0.3, -0.25) is 4.63 Å². The molecule has 0 aromatic carbocycles. The van der Waals surface area contributed by atoms with Gasteiger partial charge in [0.05, 0.1) is 0 Å². The minimum atomic E-state index is 0.273. The Hall–Kier alpha value is -1.59. The first-order chi connectivity index (χ1) is 5.79. The van der Waals surface area contributed by atoms with Crippen LogP contribution in [0.2, 0.25) is 0 Å². The van der Waals surface area contributed by atoms with Crippen molar-refractivity contribution in [1.29, 1.82) is 0 Å². The molecule has 0 aliphatic rings. The van der Waals surface area contributed by atoms with Crippen LogP contribution < -0.4 is 4.90 Å². The van der Waals surface area contributed by atoms with Gasteiger partial charge in [-0.05, 0) is 11.3 Å². The molecular formula is C6H9N3O3. The van der Waals surface area contributed by atoms with E-state index in [1.54, 1.807) is 0 Å². The molecule has 0 fully saturated rings. The van der Waals surface area contributed by atoms with Crippen LogP contribution in [0.3, 0.4) is 0 Å². The van der Waals surface area contributed by atoms with Gasteiger partial charge in [-0.15, -0.1) is 0 Å². The maximum atomic E-state index is 10.8. The molecule has 0 radical (unpaired) electrons. The van der Waals surface area contributed by atoms with Gasteiger partial charge >= 0.3 is 0 Å². The van der Waals surface area contributed by atoms with Crippen LogP contribution in [0.5, 0.6) is 0 Å². The Morgan fingerprint density at radius 2 is 2.58 bits per heavy atom. The predicted molar refractivity (Wildman–Crippen MR) is 38.8 cm³/mol. The highest BCUT2D eigenvalue weighted by Gasteiger charge is 2.15. The first kappa shape index (κ1) is 8.51. The van der Waals surface area contributed by atoms with E-state index in [9.17, 15) is 5.21 Å². The number of oxime groups is 1. The van der Waals surface area contributed by atoms with Crippen LogP contribution in [0.15, 0.2) is 9.78 Å². The molecule has 1 aromatic rings. The van der Waals surface area contributed by atoms with E-state index in [0.29, 0.717) is 17.0 Å². The maximum absolute atomic E-state index is 10.8. The molecule has 66 valence electrons. The van der Waals surface area contributed by atoms with Gasteiger partial charge in [0.15, 0.2) is 0 Å². The predicted octanol–water partition coefficient (Wildman–Crippen LogP) is 0.0686. The summed E-state index contributed by atoms with van der Waals surface area (Å²) in [5, 5.41) is 25.2. The van der Waals surface area contributed by atoms with Crippen LogP contribution in [0.4, 0.5) is 0 Å². The lowest BCUT2D eigenvalue weighted by Crippen LogP contribution is -2.28. The quantitative estimate of drug-likeness (QED) is 0.302. The molecule has 6 nitrogen and oxygen atoms in total. The zero-order valence-electron chi connectivity index (χ0n) is 6.60. The summed E-state index contributed by atoms with van der Waals surface area (Å²) in [6.45, 7) is 1.92. The molecule has 0 aliphatic carbocycles. The minimum absolute atomic E-state index is 0.273. The Labute approximate surface area is 68.6 Å². The van der Waals surface area contributed by atoms with Crippen LogP contribution in [0, 0.1) is 5.21 Å². The summed E-state index contributed by atoms with van der Waals surface area (Å²) in [6.07, 6.45) is 2.42. The van der Waals surface area contributed by atoms with Crippen molar-refractivity contribution in [2.75, 3.05) is 0 Å². The first-order valence-electron chi connectivity index (χ1n) is 3.55. The zero-order chi connectivity index (χ0) is 8.97. The van der Waals surface area contributed by atoms with Crippen molar-refractivity contribution in [3.8, 4) is 0 Å². The number of rotatable bonds is 3. The SMILES string of the molecule is CCCc1c(/C=N/O)no[n+]1[O-].